The summed E-state index contributed by atoms with van der Waals surface area (Å²) in [6.45, 7) is 8.41. The second-order valence-corrected chi connectivity index (χ2v) is 5.21. The minimum atomic E-state index is 0.0657. The zero-order chi connectivity index (χ0) is 12.7. The molecular weight excluding hydrogens is 212 g/mol. The third-order valence-electron chi connectivity index (χ3n) is 3.30. The second-order valence-electron chi connectivity index (χ2n) is 5.21. The van der Waals surface area contributed by atoms with Crippen LogP contribution in [0.5, 0.6) is 0 Å². The summed E-state index contributed by atoms with van der Waals surface area (Å²) in [6, 6.07) is 6.49. The number of benzene rings is 1. The molecule has 0 saturated heterocycles. The van der Waals surface area contributed by atoms with Gasteiger partial charge in [0.25, 0.3) is 0 Å². The molecule has 0 aliphatic rings. The Morgan fingerprint density at radius 1 is 1.06 bits per heavy atom. The van der Waals surface area contributed by atoms with Crippen molar-refractivity contribution in [3.05, 3.63) is 34.2 Å². The highest BCUT2D eigenvalue weighted by Gasteiger charge is 2.13. The monoisotopic (exact) mass is 232 g/mol. The molecule has 0 aliphatic heterocycles. The smallest absolute Gasteiger partial charge is 0.295 e. The largest absolute Gasteiger partial charge is 0.329 e. The molecule has 3 heteroatoms. The highest BCUT2D eigenvalue weighted by atomic mass is 16.1. The summed E-state index contributed by atoms with van der Waals surface area (Å²) in [5.74, 6) is 0.483. The van der Waals surface area contributed by atoms with Crippen molar-refractivity contribution >= 4 is 11.0 Å². The molecule has 17 heavy (non-hydrogen) atoms. The number of fused-ring (bicyclic) bond motifs is 1. The Hall–Kier alpha value is -1.51. The molecule has 1 aromatic carbocycles. The number of hydrogen-bond donors (Lipinski definition) is 0. The van der Waals surface area contributed by atoms with Gasteiger partial charge in [-0.3, -0.25) is 9.13 Å². The molecule has 0 bridgehead atoms. The van der Waals surface area contributed by atoms with E-state index in [-0.39, 0.29) is 11.7 Å². The lowest BCUT2D eigenvalue weighted by atomic mass is 10.0. The van der Waals surface area contributed by atoms with E-state index in [0.29, 0.717) is 5.92 Å². The number of nitrogens with zero attached hydrogens (tertiary/aromatic N) is 2. The fourth-order valence-electron chi connectivity index (χ4n) is 2.24. The number of aryl methyl sites for hydroxylation is 1. The molecule has 1 heterocycles. The SMILES string of the molecule is CC(C)c1ccc2c(c1)n(C)c(=O)n2C(C)C. The molecule has 0 radical (unpaired) electrons. The van der Waals surface area contributed by atoms with Crippen molar-refractivity contribution < 1.29 is 0 Å². The van der Waals surface area contributed by atoms with E-state index in [2.05, 4.69) is 32.0 Å². The molecule has 0 aliphatic carbocycles. The number of hydrogen-bond acceptors (Lipinski definition) is 1. The molecule has 3 nitrogen and oxygen atoms in total. The summed E-state index contributed by atoms with van der Waals surface area (Å²) in [5, 5.41) is 0. The Kier molecular flexibility index (Phi) is 2.86. The van der Waals surface area contributed by atoms with E-state index in [1.54, 1.807) is 4.57 Å². The first kappa shape index (κ1) is 12.0. The maximum Gasteiger partial charge on any atom is 0.329 e. The van der Waals surface area contributed by atoms with Crippen LogP contribution >= 0.6 is 0 Å². The van der Waals surface area contributed by atoms with Gasteiger partial charge in [-0.25, -0.2) is 4.79 Å². The molecule has 0 saturated carbocycles. The fraction of sp³-hybridized carbons (Fsp3) is 0.500. The number of aromatic nitrogens is 2. The van der Waals surface area contributed by atoms with Crippen LogP contribution < -0.4 is 5.69 Å². The van der Waals surface area contributed by atoms with Gasteiger partial charge in [0.1, 0.15) is 0 Å². The maximum absolute atomic E-state index is 12.1. The average Bonchev–Trinajstić information content (AvgIpc) is 2.51. The van der Waals surface area contributed by atoms with E-state index < -0.39 is 0 Å². The van der Waals surface area contributed by atoms with E-state index in [0.717, 1.165) is 11.0 Å². The fourth-order valence-corrected chi connectivity index (χ4v) is 2.24. The van der Waals surface area contributed by atoms with Gasteiger partial charge >= 0.3 is 5.69 Å². The highest BCUT2D eigenvalue weighted by Crippen LogP contribution is 2.22. The molecule has 2 rings (SSSR count). The van der Waals surface area contributed by atoms with Crippen LogP contribution in [0.4, 0.5) is 0 Å². The Morgan fingerprint density at radius 2 is 1.71 bits per heavy atom. The summed E-state index contributed by atoms with van der Waals surface area (Å²) in [5.41, 5.74) is 3.39. The summed E-state index contributed by atoms with van der Waals surface area (Å²) in [7, 11) is 1.84. The van der Waals surface area contributed by atoms with Crippen molar-refractivity contribution in [3.8, 4) is 0 Å². The Bertz CT molecular complexity index is 602. The molecule has 0 unspecified atom stereocenters. The molecule has 92 valence electrons. The molecule has 0 amide bonds. The van der Waals surface area contributed by atoms with Crippen LogP contribution in [0.2, 0.25) is 0 Å². The first-order valence-electron chi connectivity index (χ1n) is 6.14. The summed E-state index contributed by atoms with van der Waals surface area (Å²) >= 11 is 0. The van der Waals surface area contributed by atoms with Crippen LogP contribution in [0.1, 0.15) is 45.2 Å². The van der Waals surface area contributed by atoms with Crippen LogP contribution in [0.3, 0.4) is 0 Å². The minimum Gasteiger partial charge on any atom is -0.295 e. The van der Waals surface area contributed by atoms with Gasteiger partial charge in [-0.05, 0) is 37.5 Å². The van der Waals surface area contributed by atoms with Gasteiger partial charge in [-0.15, -0.1) is 0 Å². The van der Waals surface area contributed by atoms with E-state index in [1.807, 2.05) is 25.5 Å². The molecule has 0 spiro atoms. The molecule has 0 N–H and O–H groups in total. The van der Waals surface area contributed by atoms with Crippen LogP contribution in [0.15, 0.2) is 23.0 Å². The molecular formula is C14H20N2O. The van der Waals surface area contributed by atoms with Gasteiger partial charge in [0, 0.05) is 13.1 Å². The standard InChI is InChI=1S/C14H20N2O/c1-9(2)11-6-7-12-13(8-11)15(5)14(17)16(12)10(3)4/h6-10H,1-5H3. The lowest BCUT2D eigenvalue weighted by Gasteiger charge is -2.08. The molecule has 1 aromatic heterocycles. The zero-order valence-electron chi connectivity index (χ0n) is 11.2. The van der Waals surface area contributed by atoms with Gasteiger partial charge < -0.3 is 0 Å². The van der Waals surface area contributed by atoms with Crippen LogP contribution in [0.25, 0.3) is 11.0 Å². The van der Waals surface area contributed by atoms with Crippen molar-refractivity contribution in [2.75, 3.05) is 0 Å². The van der Waals surface area contributed by atoms with Gasteiger partial charge in [-0.2, -0.15) is 0 Å². The van der Waals surface area contributed by atoms with Crippen LogP contribution in [-0.2, 0) is 7.05 Å². The van der Waals surface area contributed by atoms with Crippen LogP contribution in [0, 0.1) is 0 Å². The molecule has 2 aromatic rings. The van der Waals surface area contributed by atoms with Crippen molar-refractivity contribution in [2.45, 2.75) is 39.7 Å². The first-order valence-corrected chi connectivity index (χ1v) is 6.14. The van der Waals surface area contributed by atoms with Crippen molar-refractivity contribution in [3.63, 3.8) is 0 Å². The Morgan fingerprint density at radius 3 is 2.24 bits per heavy atom. The first-order chi connectivity index (χ1) is 7.93. The normalized spacial score (nSPS) is 11.9. The quantitative estimate of drug-likeness (QED) is 0.781. The van der Waals surface area contributed by atoms with E-state index >= 15 is 0 Å². The highest BCUT2D eigenvalue weighted by molar-refractivity contribution is 5.77. The Labute approximate surface area is 102 Å². The summed E-state index contributed by atoms with van der Waals surface area (Å²) in [4.78, 5) is 12.1. The predicted molar refractivity (Wildman–Crippen MR) is 71.7 cm³/mol. The van der Waals surface area contributed by atoms with Gasteiger partial charge in [0.05, 0.1) is 11.0 Å². The maximum atomic E-state index is 12.1. The van der Waals surface area contributed by atoms with E-state index in [4.69, 9.17) is 0 Å². The molecule has 0 fully saturated rings. The molecule has 0 atom stereocenters. The van der Waals surface area contributed by atoms with Gasteiger partial charge in [-0.1, -0.05) is 19.9 Å². The topological polar surface area (TPSA) is 26.9 Å². The summed E-state index contributed by atoms with van der Waals surface area (Å²) < 4.78 is 3.58. The van der Waals surface area contributed by atoms with Gasteiger partial charge in [0.2, 0.25) is 0 Å². The van der Waals surface area contributed by atoms with Crippen LogP contribution in [-0.4, -0.2) is 9.13 Å². The average molecular weight is 232 g/mol. The zero-order valence-corrected chi connectivity index (χ0v) is 11.2. The lowest BCUT2D eigenvalue weighted by molar-refractivity contribution is 0.583. The third kappa shape index (κ3) is 1.79. The van der Waals surface area contributed by atoms with E-state index in [9.17, 15) is 4.79 Å². The van der Waals surface area contributed by atoms with Crippen molar-refractivity contribution in [1.29, 1.82) is 0 Å². The number of rotatable bonds is 2. The van der Waals surface area contributed by atoms with Gasteiger partial charge in [0.15, 0.2) is 0 Å². The van der Waals surface area contributed by atoms with Crippen molar-refractivity contribution in [1.82, 2.24) is 9.13 Å². The minimum absolute atomic E-state index is 0.0657. The number of imidazole rings is 1. The van der Waals surface area contributed by atoms with E-state index in [1.165, 1.54) is 5.56 Å². The summed E-state index contributed by atoms with van der Waals surface area (Å²) in [6.07, 6.45) is 0. The lowest BCUT2D eigenvalue weighted by Crippen LogP contribution is -2.23. The van der Waals surface area contributed by atoms with Crippen molar-refractivity contribution in [2.24, 2.45) is 7.05 Å². The third-order valence-corrected chi connectivity index (χ3v) is 3.30. The predicted octanol–water partition coefficient (Wildman–Crippen LogP) is 3.04. The Balaban J connectivity index is 2.81. The second kappa shape index (κ2) is 4.06.